The van der Waals surface area contributed by atoms with Crippen molar-refractivity contribution in [3.63, 3.8) is 0 Å². The fourth-order valence-corrected chi connectivity index (χ4v) is 2.92. The lowest BCUT2D eigenvalue weighted by Gasteiger charge is -2.05. The lowest BCUT2D eigenvalue weighted by molar-refractivity contribution is 0.319. The Kier molecular flexibility index (Phi) is 4.70. The van der Waals surface area contributed by atoms with Crippen LogP contribution in [0.2, 0.25) is 0 Å². The van der Waals surface area contributed by atoms with Gasteiger partial charge in [-0.05, 0) is 18.6 Å². The van der Waals surface area contributed by atoms with E-state index in [0.29, 0.717) is 6.61 Å². The van der Waals surface area contributed by atoms with Crippen LogP contribution in [0, 0.1) is 0 Å². The van der Waals surface area contributed by atoms with E-state index < -0.39 is 0 Å². The second-order valence-electron chi connectivity index (χ2n) is 3.42. The minimum Gasteiger partial charge on any atom is -0.493 e. The third-order valence-electron chi connectivity index (χ3n) is 2.05. The molecule has 2 rings (SSSR count). The van der Waals surface area contributed by atoms with Crippen LogP contribution < -0.4 is 10.5 Å². The highest BCUT2D eigenvalue weighted by molar-refractivity contribution is 8.00. The van der Waals surface area contributed by atoms with E-state index in [2.05, 4.69) is 4.98 Å². The van der Waals surface area contributed by atoms with Crippen molar-refractivity contribution in [3.05, 3.63) is 35.8 Å². The SMILES string of the molecule is Nc1cccc(OCCCSc2nccs2)c1. The molecule has 0 saturated heterocycles. The summed E-state index contributed by atoms with van der Waals surface area (Å²) in [6.07, 6.45) is 2.83. The monoisotopic (exact) mass is 266 g/mol. The van der Waals surface area contributed by atoms with Crippen LogP contribution in [-0.4, -0.2) is 17.3 Å². The summed E-state index contributed by atoms with van der Waals surface area (Å²) in [7, 11) is 0. The number of benzene rings is 1. The third kappa shape index (κ3) is 4.28. The van der Waals surface area contributed by atoms with Crippen molar-refractivity contribution >= 4 is 28.8 Å². The van der Waals surface area contributed by atoms with E-state index in [9.17, 15) is 0 Å². The van der Waals surface area contributed by atoms with E-state index in [1.54, 1.807) is 23.1 Å². The average Bonchev–Trinajstić information content (AvgIpc) is 2.82. The standard InChI is InChI=1S/C12H14N2OS2/c13-10-3-1-4-11(9-10)15-6-2-7-16-12-14-5-8-17-12/h1,3-5,8-9H,2,6-7,13H2. The third-order valence-corrected chi connectivity index (χ3v) is 4.10. The summed E-state index contributed by atoms with van der Waals surface area (Å²) < 4.78 is 6.72. The second kappa shape index (κ2) is 6.51. The van der Waals surface area contributed by atoms with Crippen LogP contribution >= 0.6 is 23.1 Å². The Morgan fingerprint density at radius 3 is 3.12 bits per heavy atom. The molecule has 0 spiro atoms. The van der Waals surface area contributed by atoms with Gasteiger partial charge in [-0.3, -0.25) is 0 Å². The van der Waals surface area contributed by atoms with Gasteiger partial charge in [0.25, 0.3) is 0 Å². The molecule has 1 aromatic carbocycles. The number of nitrogens with zero attached hydrogens (tertiary/aromatic N) is 1. The first-order valence-corrected chi connectivity index (χ1v) is 7.22. The summed E-state index contributed by atoms with van der Waals surface area (Å²) >= 11 is 3.44. The molecule has 0 amide bonds. The topological polar surface area (TPSA) is 48.1 Å². The Morgan fingerprint density at radius 1 is 1.41 bits per heavy atom. The van der Waals surface area contributed by atoms with Crippen molar-refractivity contribution in [2.24, 2.45) is 0 Å². The van der Waals surface area contributed by atoms with E-state index in [4.69, 9.17) is 10.5 Å². The molecule has 0 aliphatic heterocycles. The zero-order chi connectivity index (χ0) is 11.9. The number of hydrogen-bond acceptors (Lipinski definition) is 5. The molecule has 0 radical (unpaired) electrons. The Morgan fingerprint density at radius 2 is 2.35 bits per heavy atom. The van der Waals surface area contributed by atoms with Gasteiger partial charge in [-0.2, -0.15) is 0 Å². The molecule has 0 bridgehead atoms. The van der Waals surface area contributed by atoms with Gasteiger partial charge in [0.1, 0.15) is 10.1 Å². The number of hydrogen-bond donors (Lipinski definition) is 1. The molecule has 1 aromatic heterocycles. The average molecular weight is 266 g/mol. The van der Waals surface area contributed by atoms with Crippen LogP contribution in [0.4, 0.5) is 5.69 Å². The largest absolute Gasteiger partial charge is 0.493 e. The van der Waals surface area contributed by atoms with Crippen LogP contribution in [0.1, 0.15) is 6.42 Å². The molecule has 5 heteroatoms. The number of thioether (sulfide) groups is 1. The van der Waals surface area contributed by atoms with E-state index in [0.717, 1.165) is 28.0 Å². The first-order valence-electron chi connectivity index (χ1n) is 5.35. The maximum absolute atomic E-state index is 5.66. The number of nitrogen functional groups attached to an aromatic ring is 1. The van der Waals surface area contributed by atoms with Crippen molar-refractivity contribution in [2.45, 2.75) is 10.8 Å². The predicted octanol–water partition coefficient (Wildman–Crippen LogP) is 3.29. The van der Waals surface area contributed by atoms with Crippen LogP contribution in [0.3, 0.4) is 0 Å². The summed E-state index contributed by atoms with van der Waals surface area (Å²) in [5.74, 6) is 1.86. The fourth-order valence-electron chi connectivity index (χ4n) is 1.29. The molecule has 17 heavy (non-hydrogen) atoms. The number of rotatable bonds is 6. The van der Waals surface area contributed by atoms with Crippen molar-refractivity contribution in [2.75, 3.05) is 18.1 Å². The maximum Gasteiger partial charge on any atom is 0.149 e. The molecule has 0 atom stereocenters. The lowest BCUT2D eigenvalue weighted by Crippen LogP contribution is -1.99. The smallest absolute Gasteiger partial charge is 0.149 e. The van der Waals surface area contributed by atoms with Crippen molar-refractivity contribution in [3.8, 4) is 5.75 Å². The van der Waals surface area contributed by atoms with Crippen molar-refractivity contribution < 1.29 is 4.74 Å². The van der Waals surface area contributed by atoms with Gasteiger partial charge in [0, 0.05) is 29.1 Å². The highest BCUT2D eigenvalue weighted by atomic mass is 32.2. The molecule has 0 saturated carbocycles. The molecule has 2 aromatic rings. The number of ether oxygens (including phenoxy) is 1. The Bertz CT molecular complexity index is 446. The summed E-state index contributed by atoms with van der Waals surface area (Å²) in [6.45, 7) is 0.710. The molecule has 90 valence electrons. The van der Waals surface area contributed by atoms with Gasteiger partial charge in [-0.25, -0.2) is 4.98 Å². The predicted molar refractivity (Wildman–Crippen MR) is 73.8 cm³/mol. The Balaban J connectivity index is 1.63. The maximum atomic E-state index is 5.66. The number of anilines is 1. The minimum absolute atomic E-state index is 0.710. The number of aromatic nitrogens is 1. The van der Waals surface area contributed by atoms with E-state index in [1.807, 2.05) is 35.8 Å². The molecule has 0 unspecified atom stereocenters. The number of thiazole rings is 1. The van der Waals surface area contributed by atoms with Gasteiger partial charge in [0.15, 0.2) is 0 Å². The van der Waals surface area contributed by atoms with Gasteiger partial charge >= 0.3 is 0 Å². The molecule has 3 nitrogen and oxygen atoms in total. The highest BCUT2D eigenvalue weighted by Gasteiger charge is 1.97. The highest BCUT2D eigenvalue weighted by Crippen LogP contribution is 2.21. The first-order chi connectivity index (χ1) is 8.34. The molecular weight excluding hydrogens is 252 g/mol. The molecule has 2 N–H and O–H groups in total. The van der Waals surface area contributed by atoms with Gasteiger partial charge < -0.3 is 10.5 Å². The summed E-state index contributed by atoms with van der Waals surface area (Å²) in [5, 5.41) is 1.99. The molecular formula is C12H14N2OS2. The first kappa shape index (κ1) is 12.3. The lowest BCUT2D eigenvalue weighted by atomic mass is 10.3. The molecule has 1 heterocycles. The Hall–Kier alpha value is -1.20. The van der Waals surface area contributed by atoms with E-state index in [-0.39, 0.29) is 0 Å². The van der Waals surface area contributed by atoms with Crippen molar-refractivity contribution in [1.29, 1.82) is 0 Å². The zero-order valence-electron chi connectivity index (χ0n) is 9.33. The normalized spacial score (nSPS) is 10.4. The summed E-state index contributed by atoms with van der Waals surface area (Å²) in [6, 6.07) is 7.51. The van der Waals surface area contributed by atoms with E-state index >= 15 is 0 Å². The van der Waals surface area contributed by atoms with Gasteiger partial charge in [0.2, 0.25) is 0 Å². The second-order valence-corrected chi connectivity index (χ2v) is 5.66. The quantitative estimate of drug-likeness (QED) is 0.495. The van der Waals surface area contributed by atoms with Crippen molar-refractivity contribution in [1.82, 2.24) is 4.98 Å². The van der Waals surface area contributed by atoms with Crippen LogP contribution in [-0.2, 0) is 0 Å². The summed E-state index contributed by atoms with van der Waals surface area (Å²) in [4.78, 5) is 4.21. The van der Waals surface area contributed by atoms with Gasteiger partial charge in [-0.1, -0.05) is 17.8 Å². The van der Waals surface area contributed by atoms with Gasteiger partial charge in [-0.15, -0.1) is 11.3 Å². The molecule has 0 fully saturated rings. The minimum atomic E-state index is 0.710. The molecule has 0 aliphatic rings. The van der Waals surface area contributed by atoms with Gasteiger partial charge in [0.05, 0.1) is 6.61 Å². The number of nitrogens with two attached hydrogens (primary N) is 1. The van der Waals surface area contributed by atoms with Crippen LogP contribution in [0.5, 0.6) is 5.75 Å². The zero-order valence-corrected chi connectivity index (χ0v) is 11.0. The van der Waals surface area contributed by atoms with Crippen LogP contribution in [0.15, 0.2) is 40.2 Å². The van der Waals surface area contributed by atoms with E-state index in [1.165, 1.54) is 0 Å². The summed E-state index contributed by atoms with van der Waals surface area (Å²) in [5.41, 5.74) is 6.40. The van der Waals surface area contributed by atoms with Crippen LogP contribution in [0.25, 0.3) is 0 Å². The fraction of sp³-hybridized carbons (Fsp3) is 0.250. The molecule has 0 aliphatic carbocycles. The Labute approximate surface area is 109 Å².